The summed E-state index contributed by atoms with van der Waals surface area (Å²) in [6, 6.07) is 1.54. The molecule has 1 amide bonds. The Kier molecular flexibility index (Phi) is 8.23. The molecule has 0 atom stereocenters. The largest absolute Gasteiger partial charge is 0.444 e. The molecule has 0 bridgehead atoms. The van der Waals surface area contributed by atoms with Crippen LogP contribution in [-0.2, 0) is 4.74 Å². The van der Waals surface area contributed by atoms with Crippen LogP contribution in [0.3, 0.4) is 0 Å². The second kappa shape index (κ2) is 9.39. The monoisotopic (exact) mass is 312 g/mol. The van der Waals surface area contributed by atoms with Crippen LogP contribution in [0.25, 0.3) is 0 Å². The third-order valence-electron chi connectivity index (χ3n) is 4.19. The van der Waals surface area contributed by atoms with Crippen molar-refractivity contribution in [2.24, 2.45) is 0 Å². The van der Waals surface area contributed by atoms with Gasteiger partial charge in [0, 0.05) is 18.1 Å². The molecule has 4 heteroatoms. The average molecular weight is 312 g/mol. The van der Waals surface area contributed by atoms with Crippen LogP contribution in [0, 0.1) is 0 Å². The molecule has 1 aliphatic carbocycles. The highest BCUT2D eigenvalue weighted by Crippen LogP contribution is 2.21. The molecule has 0 spiro atoms. The summed E-state index contributed by atoms with van der Waals surface area (Å²) in [6.45, 7) is 10.2. The van der Waals surface area contributed by atoms with Gasteiger partial charge in [0.05, 0.1) is 0 Å². The van der Waals surface area contributed by atoms with Crippen LogP contribution in [0.4, 0.5) is 4.79 Å². The van der Waals surface area contributed by atoms with Crippen LogP contribution < -0.4 is 10.6 Å². The smallest absolute Gasteiger partial charge is 0.407 e. The average Bonchev–Trinajstić information content (AvgIpc) is 2.39. The molecule has 0 aliphatic heterocycles. The summed E-state index contributed by atoms with van der Waals surface area (Å²) in [5.74, 6) is 0. The summed E-state index contributed by atoms with van der Waals surface area (Å²) in [6.07, 6.45) is 9.12. The lowest BCUT2D eigenvalue weighted by Gasteiger charge is -2.33. The predicted molar refractivity (Wildman–Crippen MR) is 92.2 cm³/mol. The zero-order valence-electron chi connectivity index (χ0n) is 15.2. The van der Waals surface area contributed by atoms with Gasteiger partial charge in [-0.2, -0.15) is 0 Å². The first-order valence-corrected chi connectivity index (χ1v) is 9.09. The number of nitrogens with one attached hydrogen (secondary N) is 2. The van der Waals surface area contributed by atoms with E-state index in [-0.39, 0.29) is 12.1 Å². The van der Waals surface area contributed by atoms with Gasteiger partial charge >= 0.3 is 6.09 Å². The van der Waals surface area contributed by atoms with E-state index in [1.807, 2.05) is 20.8 Å². The normalized spacial score (nSPS) is 22.6. The van der Waals surface area contributed by atoms with Gasteiger partial charge in [-0.25, -0.2) is 4.79 Å². The molecule has 4 nitrogen and oxygen atoms in total. The number of carbonyl (C=O) groups excluding carboxylic acids is 1. The quantitative estimate of drug-likeness (QED) is 0.733. The van der Waals surface area contributed by atoms with E-state index in [2.05, 4.69) is 24.5 Å². The lowest BCUT2D eigenvalue weighted by molar-refractivity contribution is 0.0489. The van der Waals surface area contributed by atoms with Crippen molar-refractivity contribution >= 4 is 6.09 Å². The van der Waals surface area contributed by atoms with Crippen LogP contribution in [-0.4, -0.2) is 29.8 Å². The predicted octanol–water partition coefficient (Wildman–Crippen LogP) is 4.38. The molecule has 0 radical (unpaired) electrons. The van der Waals surface area contributed by atoms with E-state index in [4.69, 9.17) is 4.74 Å². The molecule has 1 rings (SSSR count). The molecule has 1 aliphatic rings. The summed E-state index contributed by atoms with van der Waals surface area (Å²) in [5.41, 5.74) is -0.420. The molecule has 0 saturated heterocycles. The highest BCUT2D eigenvalue weighted by Gasteiger charge is 2.25. The Labute approximate surface area is 136 Å². The number of hydrogen-bond acceptors (Lipinski definition) is 3. The molecule has 0 heterocycles. The summed E-state index contributed by atoms with van der Waals surface area (Å²) in [7, 11) is 0. The first kappa shape index (κ1) is 19.3. The zero-order valence-corrected chi connectivity index (χ0v) is 15.2. The van der Waals surface area contributed by atoms with E-state index in [9.17, 15) is 4.79 Å². The van der Waals surface area contributed by atoms with E-state index < -0.39 is 5.60 Å². The number of ether oxygens (including phenoxy) is 1. The maximum absolute atomic E-state index is 11.8. The van der Waals surface area contributed by atoms with Crippen LogP contribution in [0.5, 0.6) is 0 Å². The van der Waals surface area contributed by atoms with Gasteiger partial charge in [0.1, 0.15) is 5.60 Å². The van der Waals surface area contributed by atoms with Crippen molar-refractivity contribution in [2.45, 2.75) is 110 Å². The molecule has 0 unspecified atom stereocenters. The summed E-state index contributed by atoms with van der Waals surface area (Å²) in [5, 5.41) is 6.84. The van der Waals surface area contributed by atoms with E-state index in [0.717, 1.165) is 25.7 Å². The summed E-state index contributed by atoms with van der Waals surface area (Å²) in [4.78, 5) is 11.8. The third-order valence-corrected chi connectivity index (χ3v) is 4.19. The molecule has 1 saturated carbocycles. The Bertz CT molecular complexity index is 312. The molecule has 22 heavy (non-hydrogen) atoms. The van der Waals surface area contributed by atoms with Gasteiger partial charge in [-0.1, -0.05) is 26.7 Å². The van der Waals surface area contributed by atoms with Crippen molar-refractivity contribution in [3.63, 3.8) is 0 Å². The molecule has 1 fully saturated rings. The SMILES string of the molecule is CCCC(CCC)NC1CCC(NC(=O)OC(C)(C)C)CC1. The van der Waals surface area contributed by atoms with Crippen molar-refractivity contribution in [1.82, 2.24) is 10.6 Å². The van der Waals surface area contributed by atoms with Crippen molar-refractivity contribution in [2.75, 3.05) is 0 Å². The van der Waals surface area contributed by atoms with E-state index in [1.165, 1.54) is 25.7 Å². The molecule has 0 aromatic heterocycles. The Morgan fingerprint density at radius 2 is 1.55 bits per heavy atom. The molecular weight excluding hydrogens is 276 g/mol. The fraction of sp³-hybridized carbons (Fsp3) is 0.944. The van der Waals surface area contributed by atoms with E-state index >= 15 is 0 Å². The second-order valence-corrected chi connectivity index (χ2v) is 7.64. The standard InChI is InChI=1S/C18H36N2O2/c1-6-8-14(9-7-2)19-15-10-12-16(13-11-15)20-17(21)22-18(3,4)5/h14-16,19H,6-13H2,1-5H3,(H,20,21). The lowest BCUT2D eigenvalue weighted by Crippen LogP contribution is -2.46. The van der Waals surface area contributed by atoms with Crippen molar-refractivity contribution < 1.29 is 9.53 Å². The number of carbonyl (C=O) groups is 1. The van der Waals surface area contributed by atoms with Crippen molar-refractivity contribution in [3.05, 3.63) is 0 Å². The molecule has 0 aromatic rings. The third kappa shape index (κ3) is 8.02. The Balaban J connectivity index is 2.29. The van der Waals surface area contributed by atoms with Crippen molar-refractivity contribution in [1.29, 1.82) is 0 Å². The number of amides is 1. The maximum Gasteiger partial charge on any atom is 0.407 e. The van der Waals surface area contributed by atoms with Gasteiger partial charge < -0.3 is 15.4 Å². The minimum absolute atomic E-state index is 0.267. The topological polar surface area (TPSA) is 50.4 Å². The van der Waals surface area contributed by atoms with E-state index in [1.54, 1.807) is 0 Å². The highest BCUT2D eigenvalue weighted by atomic mass is 16.6. The Morgan fingerprint density at radius 1 is 1.05 bits per heavy atom. The maximum atomic E-state index is 11.8. The molecule has 2 N–H and O–H groups in total. The van der Waals surface area contributed by atoms with Crippen LogP contribution >= 0.6 is 0 Å². The Hall–Kier alpha value is -0.770. The number of rotatable bonds is 7. The Morgan fingerprint density at radius 3 is 2.00 bits per heavy atom. The molecule has 130 valence electrons. The first-order chi connectivity index (χ1) is 10.3. The highest BCUT2D eigenvalue weighted by molar-refractivity contribution is 5.68. The number of alkyl carbamates (subject to hydrolysis) is 1. The van der Waals surface area contributed by atoms with Crippen molar-refractivity contribution in [3.8, 4) is 0 Å². The van der Waals surface area contributed by atoms with E-state index in [0.29, 0.717) is 12.1 Å². The van der Waals surface area contributed by atoms with Gasteiger partial charge in [0.2, 0.25) is 0 Å². The van der Waals surface area contributed by atoms with Crippen LogP contribution in [0.15, 0.2) is 0 Å². The van der Waals surface area contributed by atoms with Gasteiger partial charge in [-0.05, 0) is 59.3 Å². The fourth-order valence-electron chi connectivity index (χ4n) is 3.22. The lowest BCUT2D eigenvalue weighted by atomic mass is 9.90. The fourth-order valence-corrected chi connectivity index (χ4v) is 3.22. The summed E-state index contributed by atoms with van der Waals surface area (Å²) >= 11 is 0. The molecular formula is C18H36N2O2. The van der Waals surface area contributed by atoms with Crippen LogP contribution in [0.1, 0.15) is 86.0 Å². The van der Waals surface area contributed by atoms with Gasteiger partial charge in [0.25, 0.3) is 0 Å². The van der Waals surface area contributed by atoms with Gasteiger partial charge in [-0.15, -0.1) is 0 Å². The second-order valence-electron chi connectivity index (χ2n) is 7.64. The van der Waals surface area contributed by atoms with Gasteiger partial charge in [-0.3, -0.25) is 0 Å². The first-order valence-electron chi connectivity index (χ1n) is 9.09. The zero-order chi connectivity index (χ0) is 16.6. The number of hydrogen-bond donors (Lipinski definition) is 2. The minimum Gasteiger partial charge on any atom is -0.444 e. The molecule has 0 aromatic carbocycles. The van der Waals surface area contributed by atoms with Gasteiger partial charge in [0.15, 0.2) is 0 Å². The summed E-state index contributed by atoms with van der Waals surface area (Å²) < 4.78 is 5.33. The minimum atomic E-state index is -0.420. The van der Waals surface area contributed by atoms with Crippen LogP contribution in [0.2, 0.25) is 0 Å².